The highest BCUT2D eigenvalue weighted by Crippen LogP contribution is 2.41. The van der Waals surface area contributed by atoms with E-state index in [0.29, 0.717) is 5.92 Å². The number of aliphatic imine (C=N–C) groups is 1. The van der Waals surface area contributed by atoms with Gasteiger partial charge in [0.1, 0.15) is 0 Å². The number of hydrogen-bond donors (Lipinski definition) is 0. The molecule has 0 spiro atoms. The number of carbonyl (C=O) groups is 1. The van der Waals surface area contributed by atoms with Gasteiger partial charge in [-0.05, 0) is 64.2 Å². The summed E-state index contributed by atoms with van der Waals surface area (Å²) in [6, 6.07) is 14.4. The smallest absolute Gasteiger partial charge is 0.159 e. The van der Waals surface area contributed by atoms with E-state index in [9.17, 15) is 4.79 Å². The number of piperidine rings is 1. The van der Waals surface area contributed by atoms with Crippen LogP contribution in [-0.2, 0) is 0 Å². The fourth-order valence-electron chi connectivity index (χ4n) is 4.01. The van der Waals surface area contributed by atoms with Gasteiger partial charge in [-0.25, -0.2) is 0 Å². The highest BCUT2D eigenvalue weighted by molar-refractivity contribution is 6.11. The van der Waals surface area contributed by atoms with Crippen molar-refractivity contribution in [2.24, 2.45) is 10.9 Å². The van der Waals surface area contributed by atoms with Crippen molar-refractivity contribution in [1.29, 1.82) is 0 Å². The number of carbonyl (C=O) groups excluding carboxylic acids is 1. The molecular formula is C22H25N3O. The van der Waals surface area contributed by atoms with Crippen LogP contribution in [0.1, 0.15) is 35.7 Å². The van der Waals surface area contributed by atoms with Crippen LogP contribution in [-0.4, -0.2) is 43.6 Å². The molecule has 0 aromatic heterocycles. The quantitative estimate of drug-likeness (QED) is 0.754. The molecule has 0 N–H and O–H groups in total. The largest absolute Gasteiger partial charge is 0.342 e. The minimum Gasteiger partial charge on any atom is -0.342 e. The summed E-state index contributed by atoms with van der Waals surface area (Å²) in [5, 5.41) is 0. The minimum atomic E-state index is 0.0771. The Hall–Kier alpha value is -2.46. The van der Waals surface area contributed by atoms with Crippen molar-refractivity contribution in [2.75, 3.05) is 32.1 Å². The monoisotopic (exact) mass is 347 g/mol. The topological polar surface area (TPSA) is 35.9 Å². The van der Waals surface area contributed by atoms with E-state index >= 15 is 0 Å². The molecule has 2 heterocycles. The lowest BCUT2D eigenvalue weighted by Crippen LogP contribution is -2.34. The minimum absolute atomic E-state index is 0.0771. The number of para-hydroxylation sites is 1. The third kappa shape index (κ3) is 2.95. The van der Waals surface area contributed by atoms with Gasteiger partial charge in [-0.1, -0.05) is 18.2 Å². The SMILES string of the molecule is CC(=O)c1ccc2c(c1)N=C(C1CCN(C)CC1)c1ccccc1N2C. The molecule has 1 saturated heterocycles. The van der Waals surface area contributed by atoms with E-state index < -0.39 is 0 Å². The second kappa shape index (κ2) is 6.69. The second-order valence-electron chi connectivity index (χ2n) is 7.41. The van der Waals surface area contributed by atoms with E-state index in [2.05, 4.69) is 48.2 Å². The van der Waals surface area contributed by atoms with E-state index in [1.807, 2.05) is 18.2 Å². The average molecular weight is 347 g/mol. The van der Waals surface area contributed by atoms with Gasteiger partial charge in [0.25, 0.3) is 0 Å². The maximum atomic E-state index is 11.9. The van der Waals surface area contributed by atoms with Crippen LogP contribution in [0.3, 0.4) is 0 Å². The lowest BCUT2D eigenvalue weighted by atomic mass is 9.87. The maximum absolute atomic E-state index is 11.9. The van der Waals surface area contributed by atoms with Gasteiger partial charge in [0.15, 0.2) is 5.78 Å². The van der Waals surface area contributed by atoms with Gasteiger partial charge in [0.05, 0.1) is 22.8 Å². The van der Waals surface area contributed by atoms with Gasteiger partial charge >= 0.3 is 0 Å². The maximum Gasteiger partial charge on any atom is 0.159 e. The number of likely N-dealkylation sites (tertiary alicyclic amines) is 1. The van der Waals surface area contributed by atoms with Crippen LogP contribution >= 0.6 is 0 Å². The third-order valence-corrected chi connectivity index (χ3v) is 5.63. The summed E-state index contributed by atoms with van der Waals surface area (Å²) < 4.78 is 0. The molecule has 0 saturated carbocycles. The summed E-state index contributed by atoms with van der Waals surface area (Å²) in [6.07, 6.45) is 2.24. The van der Waals surface area contributed by atoms with Gasteiger partial charge in [0.2, 0.25) is 0 Å². The number of benzene rings is 2. The number of anilines is 2. The molecular weight excluding hydrogens is 322 g/mol. The Labute approximate surface area is 155 Å². The van der Waals surface area contributed by atoms with E-state index in [4.69, 9.17) is 4.99 Å². The average Bonchev–Trinajstić information content (AvgIpc) is 2.77. The molecule has 2 aromatic rings. The Balaban J connectivity index is 1.88. The Bertz CT molecular complexity index is 879. The molecule has 26 heavy (non-hydrogen) atoms. The van der Waals surface area contributed by atoms with E-state index in [-0.39, 0.29) is 5.78 Å². The van der Waals surface area contributed by atoms with Crippen LogP contribution < -0.4 is 4.90 Å². The molecule has 0 unspecified atom stereocenters. The van der Waals surface area contributed by atoms with Crippen LogP contribution in [0.4, 0.5) is 17.1 Å². The molecule has 2 aromatic carbocycles. The Morgan fingerprint density at radius 1 is 1.04 bits per heavy atom. The highest BCUT2D eigenvalue weighted by Gasteiger charge is 2.28. The van der Waals surface area contributed by atoms with Crippen LogP contribution in [0, 0.1) is 5.92 Å². The summed E-state index contributed by atoms with van der Waals surface area (Å²) in [6.45, 7) is 3.81. The molecule has 0 radical (unpaired) electrons. The second-order valence-corrected chi connectivity index (χ2v) is 7.41. The number of rotatable bonds is 2. The Morgan fingerprint density at radius 3 is 2.50 bits per heavy atom. The molecule has 4 heteroatoms. The summed E-state index contributed by atoms with van der Waals surface area (Å²) >= 11 is 0. The molecule has 0 atom stereocenters. The van der Waals surface area contributed by atoms with Crippen molar-refractivity contribution in [2.45, 2.75) is 19.8 Å². The molecule has 4 nitrogen and oxygen atoms in total. The first-order chi connectivity index (χ1) is 12.5. The lowest BCUT2D eigenvalue weighted by Gasteiger charge is -2.30. The first kappa shape index (κ1) is 17.0. The zero-order valence-electron chi connectivity index (χ0n) is 15.7. The molecule has 2 aliphatic heterocycles. The first-order valence-corrected chi connectivity index (χ1v) is 9.30. The fraction of sp³-hybridized carbons (Fsp3) is 0.364. The van der Waals surface area contributed by atoms with E-state index in [1.54, 1.807) is 6.92 Å². The normalized spacial score (nSPS) is 18.0. The molecule has 2 aliphatic rings. The summed E-state index contributed by atoms with van der Waals surface area (Å²) in [7, 11) is 4.26. The lowest BCUT2D eigenvalue weighted by molar-refractivity contribution is 0.101. The van der Waals surface area contributed by atoms with Crippen LogP contribution in [0.5, 0.6) is 0 Å². The van der Waals surface area contributed by atoms with Crippen molar-refractivity contribution >= 4 is 28.6 Å². The molecule has 1 fully saturated rings. The van der Waals surface area contributed by atoms with Gasteiger partial charge in [-0.3, -0.25) is 9.79 Å². The van der Waals surface area contributed by atoms with Crippen molar-refractivity contribution in [3.8, 4) is 0 Å². The summed E-state index contributed by atoms with van der Waals surface area (Å²) in [5.74, 6) is 0.529. The fourth-order valence-corrected chi connectivity index (χ4v) is 4.01. The van der Waals surface area contributed by atoms with Crippen LogP contribution in [0.25, 0.3) is 0 Å². The van der Waals surface area contributed by atoms with E-state index in [1.165, 1.54) is 17.0 Å². The predicted octanol–water partition coefficient (Wildman–Crippen LogP) is 4.43. The van der Waals surface area contributed by atoms with Gasteiger partial charge in [-0.15, -0.1) is 0 Å². The number of ketones is 1. The molecule has 4 rings (SSSR count). The zero-order valence-corrected chi connectivity index (χ0v) is 15.7. The Morgan fingerprint density at radius 2 is 1.77 bits per heavy atom. The zero-order chi connectivity index (χ0) is 18.3. The number of fused-ring (bicyclic) bond motifs is 2. The Kier molecular flexibility index (Phi) is 4.37. The van der Waals surface area contributed by atoms with Gasteiger partial charge in [-0.2, -0.15) is 0 Å². The van der Waals surface area contributed by atoms with Crippen molar-refractivity contribution in [3.05, 3.63) is 53.6 Å². The van der Waals surface area contributed by atoms with Gasteiger partial charge in [0, 0.05) is 24.1 Å². The number of nitrogens with zero attached hydrogens (tertiary/aromatic N) is 3. The highest BCUT2D eigenvalue weighted by atomic mass is 16.1. The third-order valence-electron chi connectivity index (χ3n) is 5.63. The van der Waals surface area contributed by atoms with Crippen LogP contribution in [0.15, 0.2) is 47.5 Å². The molecule has 0 bridgehead atoms. The molecule has 0 amide bonds. The van der Waals surface area contributed by atoms with Crippen LogP contribution in [0.2, 0.25) is 0 Å². The number of hydrogen-bond acceptors (Lipinski definition) is 4. The van der Waals surface area contributed by atoms with Crippen molar-refractivity contribution in [1.82, 2.24) is 4.90 Å². The predicted molar refractivity (Wildman–Crippen MR) is 107 cm³/mol. The standard InChI is InChI=1S/C22H25N3O/c1-15(26)17-8-9-21-19(14-17)23-22(16-10-12-24(2)13-11-16)18-6-4-5-7-20(18)25(21)3/h4-9,14,16H,10-13H2,1-3H3. The van der Waals surface area contributed by atoms with Crippen molar-refractivity contribution in [3.63, 3.8) is 0 Å². The first-order valence-electron chi connectivity index (χ1n) is 9.30. The number of Topliss-reactive ketones (excluding diaryl/α,β-unsaturated/α-hetero) is 1. The summed E-state index contributed by atoms with van der Waals surface area (Å²) in [5.41, 5.74) is 6.22. The van der Waals surface area contributed by atoms with E-state index in [0.717, 1.165) is 42.9 Å². The van der Waals surface area contributed by atoms with Crippen molar-refractivity contribution < 1.29 is 4.79 Å². The molecule has 0 aliphatic carbocycles. The summed E-state index contributed by atoms with van der Waals surface area (Å²) in [4.78, 5) is 21.6. The van der Waals surface area contributed by atoms with Gasteiger partial charge < -0.3 is 9.80 Å². The molecule has 134 valence electrons.